The van der Waals surface area contributed by atoms with Gasteiger partial charge in [-0.15, -0.1) is 6.42 Å². The van der Waals surface area contributed by atoms with Crippen LogP contribution in [0.4, 0.5) is 4.79 Å². The Balaban J connectivity index is 3.65. The lowest BCUT2D eigenvalue weighted by molar-refractivity contribution is -0.141. The molecule has 0 radical (unpaired) electrons. The molecule has 0 spiro atoms. The molecule has 0 saturated carbocycles. The average Bonchev–Trinajstić information content (AvgIpc) is 2.17. The van der Waals surface area contributed by atoms with Crippen LogP contribution in [0.2, 0.25) is 0 Å². The van der Waals surface area contributed by atoms with E-state index in [0.29, 0.717) is 13.0 Å². The van der Waals surface area contributed by atoms with E-state index >= 15 is 0 Å². The van der Waals surface area contributed by atoms with E-state index in [1.807, 2.05) is 0 Å². The van der Waals surface area contributed by atoms with Crippen molar-refractivity contribution in [3.63, 3.8) is 0 Å². The standard InChI is InChI=1S/C10H16N2O3/c1-4-8(3)12-10(15)11-6-5-7(2)9(13)14/h1,7-8H,5-6H2,2-3H3,(H,13,14)(H2,11,12,15). The second kappa shape index (κ2) is 6.71. The highest BCUT2D eigenvalue weighted by Gasteiger charge is 2.10. The number of hydrogen-bond acceptors (Lipinski definition) is 2. The van der Waals surface area contributed by atoms with Gasteiger partial charge in [-0.3, -0.25) is 4.79 Å². The van der Waals surface area contributed by atoms with Crippen LogP contribution in [0.5, 0.6) is 0 Å². The minimum absolute atomic E-state index is 0.316. The summed E-state index contributed by atoms with van der Waals surface area (Å²) in [7, 11) is 0. The van der Waals surface area contributed by atoms with Crippen molar-refractivity contribution in [1.82, 2.24) is 10.6 Å². The Kier molecular flexibility index (Phi) is 5.95. The van der Waals surface area contributed by atoms with Crippen LogP contribution < -0.4 is 10.6 Å². The second-order valence-electron chi connectivity index (χ2n) is 3.32. The zero-order valence-electron chi connectivity index (χ0n) is 8.91. The van der Waals surface area contributed by atoms with E-state index in [1.165, 1.54) is 0 Å². The Morgan fingerprint density at radius 3 is 2.53 bits per heavy atom. The van der Waals surface area contributed by atoms with Gasteiger partial charge in [0.2, 0.25) is 0 Å². The molecule has 5 heteroatoms. The van der Waals surface area contributed by atoms with E-state index < -0.39 is 11.9 Å². The Morgan fingerprint density at radius 2 is 2.07 bits per heavy atom. The number of carbonyl (C=O) groups is 2. The first-order valence-corrected chi connectivity index (χ1v) is 4.70. The Bertz CT molecular complexity index is 270. The van der Waals surface area contributed by atoms with Crippen molar-refractivity contribution in [3.05, 3.63) is 0 Å². The summed E-state index contributed by atoms with van der Waals surface area (Å²) in [5.74, 6) is 1.02. The molecule has 2 amide bonds. The largest absolute Gasteiger partial charge is 0.481 e. The molecule has 0 heterocycles. The van der Waals surface area contributed by atoms with Gasteiger partial charge >= 0.3 is 12.0 Å². The minimum Gasteiger partial charge on any atom is -0.481 e. The first kappa shape index (κ1) is 13.3. The molecule has 2 unspecified atom stereocenters. The van der Waals surface area contributed by atoms with Gasteiger partial charge in [0, 0.05) is 6.54 Å². The lowest BCUT2D eigenvalue weighted by Gasteiger charge is -2.10. The smallest absolute Gasteiger partial charge is 0.315 e. The molecule has 0 fully saturated rings. The quantitative estimate of drug-likeness (QED) is 0.578. The van der Waals surface area contributed by atoms with Gasteiger partial charge in [-0.25, -0.2) is 4.79 Å². The zero-order chi connectivity index (χ0) is 11.8. The van der Waals surface area contributed by atoms with Crippen LogP contribution in [-0.2, 0) is 4.79 Å². The first-order chi connectivity index (χ1) is 6.97. The summed E-state index contributed by atoms with van der Waals surface area (Å²) >= 11 is 0. The number of amides is 2. The summed E-state index contributed by atoms with van der Waals surface area (Å²) in [4.78, 5) is 21.5. The maximum absolute atomic E-state index is 11.1. The van der Waals surface area contributed by atoms with E-state index in [4.69, 9.17) is 11.5 Å². The predicted octanol–water partition coefficient (Wildman–Crippen LogP) is 0.418. The van der Waals surface area contributed by atoms with Crippen molar-refractivity contribution >= 4 is 12.0 Å². The molecule has 0 bridgehead atoms. The zero-order valence-corrected chi connectivity index (χ0v) is 8.91. The van der Waals surface area contributed by atoms with Crippen molar-refractivity contribution < 1.29 is 14.7 Å². The van der Waals surface area contributed by atoms with Crippen molar-refractivity contribution in [2.75, 3.05) is 6.54 Å². The molecule has 84 valence electrons. The van der Waals surface area contributed by atoms with Gasteiger partial charge in [0.15, 0.2) is 0 Å². The van der Waals surface area contributed by atoms with Crippen LogP contribution >= 0.6 is 0 Å². The highest BCUT2D eigenvalue weighted by molar-refractivity contribution is 5.74. The molecule has 0 aromatic rings. The molecule has 2 atom stereocenters. The number of terminal acetylenes is 1. The number of carbonyl (C=O) groups excluding carboxylic acids is 1. The van der Waals surface area contributed by atoms with Crippen molar-refractivity contribution in [2.24, 2.45) is 5.92 Å². The fourth-order valence-electron chi connectivity index (χ4n) is 0.815. The van der Waals surface area contributed by atoms with Gasteiger partial charge in [0.25, 0.3) is 0 Å². The van der Waals surface area contributed by atoms with E-state index in [2.05, 4.69) is 16.6 Å². The molecule has 0 saturated heterocycles. The second-order valence-corrected chi connectivity index (χ2v) is 3.32. The molecule has 0 aliphatic carbocycles. The molecule has 0 rings (SSSR count). The molecular formula is C10H16N2O3. The van der Waals surface area contributed by atoms with Gasteiger partial charge in [-0.1, -0.05) is 12.8 Å². The maximum Gasteiger partial charge on any atom is 0.315 e. The fraction of sp³-hybridized carbons (Fsp3) is 0.600. The van der Waals surface area contributed by atoms with E-state index in [0.717, 1.165) is 0 Å². The van der Waals surface area contributed by atoms with Crippen molar-refractivity contribution in [2.45, 2.75) is 26.3 Å². The highest BCUT2D eigenvalue weighted by Crippen LogP contribution is 1.99. The summed E-state index contributed by atoms with van der Waals surface area (Å²) in [5, 5.41) is 13.6. The normalized spacial score (nSPS) is 13.4. The van der Waals surface area contributed by atoms with Crippen LogP contribution in [0.25, 0.3) is 0 Å². The molecule has 15 heavy (non-hydrogen) atoms. The van der Waals surface area contributed by atoms with Gasteiger partial charge in [0.1, 0.15) is 0 Å². The molecular weight excluding hydrogens is 196 g/mol. The van der Waals surface area contributed by atoms with Crippen LogP contribution in [0.3, 0.4) is 0 Å². The van der Waals surface area contributed by atoms with Crippen LogP contribution in [0, 0.1) is 18.3 Å². The monoisotopic (exact) mass is 212 g/mol. The third kappa shape index (κ3) is 6.38. The first-order valence-electron chi connectivity index (χ1n) is 4.70. The number of carboxylic acid groups (broad SMARTS) is 1. The Labute approximate surface area is 89.2 Å². The topological polar surface area (TPSA) is 78.4 Å². The lowest BCUT2D eigenvalue weighted by Crippen LogP contribution is -2.40. The third-order valence-electron chi connectivity index (χ3n) is 1.88. The molecule has 0 aromatic carbocycles. The lowest BCUT2D eigenvalue weighted by atomic mass is 10.1. The summed E-state index contributed by atoms with van der Waals surface area (Å²) in [6, 6.07) is -0.708. The Hall–Kier alpha value is -1.70. The minimum atomic E-state index is -0.866. The van der Waals surface area contributed by atoms with Gasteiger partial charge in [-0.05, 0) is 13.3 Å². The maximum atomic E-state index is 11.1. The number of carboxylic acids is 1. The predicted molar refractivity (Wildman–Crippen MR) is 56.2 cm³/mol. The average molecular weight is 212 g/mol. The third-order valence-corrected chi connectivity index (χ3v) is 1.88. The summed E-state index contributed by atoms with van der Waals surface area (Å²) < 4.78 is 0. The van der Waals surface area contributed by atoms with Gasteiger partial charge < -0.3 is 15.7 Å². The number of hydrogen-bond donors (Lipinski definition) is 3. The number of rotatable bonds is 5. The number of aliphatic carboxylic acids is 1. The molecule has 3 N–H and O–H groups in total. The van der Waals surface area contributed by atoms with Gasteiger partial charge in [-0.2, -0.15) is 0 Å². The summed E-state index contributed by atoms with van der Waals surface area (Å²) in [5.41, 5.74) is 0. The van der Waals surface area contributed by atoms with Crippen LogP contribution in [-0.4, -0.2) is 29.7 Å². The Morgan fingerprint density at radius 1 is 1.47 bits per heavy atom. The van der Waals surface area contributed by atoms with Gasteiger partial charge in [0.05, 0.1) is 12.0 Å². The molecule has 0 aromatic heterocycles. The van der Waals surface area contributed by atoms with Crippen LogP contribution in [0.15, 0.2) is 0 Å². The van der Waals surface area contributed by atoms with E-state index in [9.17, 15) is 9.59 Å². The molecule has 5 nitrogen and oxygen atoms in total. The fourth-order valence-corrected chi connectivity index (χ4v) is 0.815. The summed E-state index contributed by atoms with van der Waals surface area (Å²) in [6.45, 7) is 3.59. The summed E-state index contributed by atoms with van der Waals surface area (Å²) in [6.07, 6.45) is 5.46. The van der Waals surface area contributed by atoms with Crippen molar-refractivity contribution in [1.29, 1.82) is 0 Å². The SMILES string of the molecule is C#CC(C)NC(=O)NCCC(C)C(=O)O. The molecule has 0 aliphatic heterocycles. The number of urea groups is 1. The van der Waals surface area contributed by atoms with E-state index in [1.54, 1.807) is 13.8 Å². The highest BCUT2D eigenvalue weighted by atomic mass is 16.4. The molecule has 0 aliphatic rings. The van der Waals surface area contributed by atoms with Crippen molar-refractivity contribution in [3.8, 4) is 12.3 Å². The van der Waals surface area contributed by atoms with Crippen LogP contribution in [0.1, 0.15) is 20.3 Å². The van der Waals surface area contributed by atoms with E-state index in [-0.39, 0.29) is 12.1 Å². The number of nitrogens with one attached hydrogen (secondary N) is 2.